The third-order valence-corrected chi connectivity index (χ3v) is 4.38. The second-order valence-corrected chi connectivity index (χ2v) is 6.48. The number of hydrogen-bond donors (Lipinski definition) is 2. The normalized spacial score (nSPS) is 10.3. The molecule has 0 bridgehead atoms. The van der Waals surface area contributed by atoms with Crippen molar-refractivity contribution in [1.29, 1.82) is 0 Å². The van der Waals surface area contributed by atoms with Gasteiger partial charge in [0.1, 0.15) is 12.4 Å². The average Bonchev–Trinajstić information content (AvgIpc) is 2.76. The quantitative estimate of drug-likeness (QED) is 0.550. The number of para-hydroxylation sites is 1. The molecular formula is C23H25N3O3. The largest absolute Gasteiger partial charge is 0.491 e. The summed E-state index contributed by atoms with van der Waals surface area (Å²) in [7, 11) is 0. The number of benzene rings is 2. The lowest BCUT2D eigenvalue weighted by atomic mass is 10.1. The minimum Gasteiger partial charge on any atom is -0.491 e. The maximum Gasteiger partial charge on any atom is 0.314 e. The first-order chi connectivity index (χ1) is 14.2. The van der Waals surface area contributed by atoms with E-state index in [0.29, 0.717) is 32.7 Å². The van der Waals surface area contributed by atoms with Crippen molar-refractivity contribution in [2.45, 2.75) is 13.0 Å². The summed E-state index contributed by atoms with van der Waals surface area (Å²) in [5.74, 6) is 0.786. The van der Waals surface area contributed by atoms with Gasteiger partial charge in [0, 0.05) is 30.9 Å². The van der Waals surface area contributed by atoms with Crippen molar-refractivity contribution < 1.29 is 9.53 Å². The molecule has 2 N–H and O–H groups in total. The molecule has 2 amide bonds. The van der Waals surface area contributed by atoms with Crippen LogP contribution >= 0.6 is 0 Å². The smallest absolute Gasteiger partial charge is 0.314 e. The summed E-state index contributed by atoms with van der Waals surface area (Å²) in [6.45, 7) is 1.83. The lowest BCUT2D eigenvalue weighted by Gasteiger charge is -2.12. The Morgan fingerprint density at radius 3 is 2.41 bits per heavy atom. The van der Waals surface area contributed by atoms with E-state index in [4.69, 9.17) is 4.74 Å². The fourth-order valence-electron chi connectivity index (χ4n) is 2.93. The first-order valence-electron chi connectivity index (χ1n) is 9.68. The number of aromatic nitrogens is 1. The molecule has 2 aromatic carbocycles. The van der Waals surface area contributed by atoms with Crippen LogP contribution in [0, 0.1) is 0 Å². The van der Waals surface area contributed by atoms with Gasteiger partial charge in [-0.1, -0.05) is 54.6 Å². The van der Waals surface area contributed by atoms with Crippen LogP contribution in [0.1, 0.15) is 6.42 Å². The van der Waals surface area contributed by atoms with E-state index in [0.717, 1.165) is 16.9 Å². The van der Waals surface area contributed by atoms with Crippen molar-refractivity contribution in [3.8, 4) is 16.9 Å². The zero-order valence-electron chi connectivity index (χ0n) is 16.2. The lowest BCUT2D eigenvalue weighted by Crippen LogP contribution is -2.38. The molecule has 150 valence electrons. The van der Waals surface area contributed by atoms with Gasteiger partial charge in [-0.2, -0.15) is 0 Å². The highest BCUT2D eigenvalue weighted by molar-refractivity contribution is 5.73. The van der Waals surface area contributed by atoms with E-state index >= 15 is 0 Å². The maximum absolute atomic E-state index is 11.9. The molecule has 0 saturated heterocycles. The predicted octanol–water partition coefficient (Wildman–Crippen LogP) is 3.28. The van der Waals surface area contributed by atoms with Gasteiger partial charge in [0.15, 0.2) is 0 Å². The van der Waals surface area contributed by atoms with Gasteiger partial charge < -0.3 is 19.9 Å². The van der Waals surface area contributed by atoms with Crippen molar-refractivity contribution in [2.24, 2.45) is 0 Å². The van der Waals surface area contributed by atoms with Crippen LogP contribution in [-0.2, 0) is 6.54 Å². The molecule has 6 heteroatoms. The summed E-state index contributed by atoms with van der Waals surface area (Å²) in [4.78, 5) is 23.5. The molecule has 1 heterocycles. The van der Waals surface area contributed by atoms with Crippen LogP contribution in [0.4, 0.5) is 4.79 Å². The van der Waals surface area contributed by atoms with Crippen LogP contribution in [0.2, 0.25) is 0 Å². The molecule has 0 saturated carbocycles. The van der Waals surface area contributed by atoms with Gasteiger partial charge in [-0.25, -0.2) is 4.79 Å². The summed E-state index contributed by atoms with van der Waals surface area (Å²) >= 11 is 0. The molecule has 29 heavy (non-hydrogen) atoms. The Kier molecular flexibility index (Phi) is 7.46. The number of rotatable bonds is 9. The van der Waals surface area contributed by atoms with Crippen LogP contribution < -0.4 is 20.9 Å². The molecule has 3 aromatic rings. The third kappa shape index (κ3) is 6.24. The summed E-state index contributed by atoms with van der Waals surface area (Å²) in [6.07, 6.45) is 2.42. The first kappa shape index (κ1) is 20.2. The number of urea groups is 1. The van der Waals surface area contributed by atoms with Crippen molar-refractivity contribution in [1.82, 2.24) is 15.2 Å². The number of ether oxygens (including phenoxy) is 1. The second kappa shape index (κ2) is 10.7. The number of aryl methyl sites for hydroxylation is 1. The topological polar surface area (TPSA) is 72.4 Å². The van der Waals surface area contributed by atoms with E-state index in [1.54, 1.807) is 16.8 Å². The second-order valence-electron chi connectivity index (χ2n) is 6.48. The zero-order valence-corrected chi connectivity index (χ0v) is 16.2. The third-order valence-electron chi connectivity index (χ3n) is 4.38. The highest BCUT2D eigenvalue weighted by Crippen LogP contribution is 2.29. The van der Waals surface area contributed by atoms with Crippen molar-refractivity contribution in [3.05, 3.63) is 89.3 Å². The molecule has 1 aromatic heterocycles. The standard InChI is InChI=1S/C23H25N3O3/c27-22-13-6-7-16-26(22)17-8-14-24-23(28)25-15-18-29-21-12-5-4-11-20(21)19-9-2-1-3-10-19/h1-7,9-13,16H,8,14-15,17-18H2,(H2,24,25,28). The Morgan fingerprint density at radius 2 is 1.59 bits per heavy atom. The number of hydrogen-bond acceptors (Lipinski definition) is 3. The van der Waals surface area contributed by atoms with Crippen LogP contribution in [0.3, 0.4) is 0 Å². The molecule has 0 aliphatic heterocycles. The van der Waals surface area contributed by atoms with Gasteiger partial charge >= 0.3 is 6.03 Å². The minimum absolute atomic E-state index is 0.0371. The number of carbonyl (C=O) groups is 1. The summed E-state index contributed by atoms with van der Waals surface area (Å²) in [5, 5.41) is 5.57. The number of nitrogens with one attached hydrogen (secondary N) is 2. The number of carbonyl (C=O) groups excluding carboxylic acids is 1. The molecule has 0 aliphatic rings. The minimum atomic E-state index is -0.245. The van der Waals surface area contributed by atoms with Gasteiger partial charge in [-0.05, 0) is 24.1 Å². The van der Waals surface area contributed by atoms with Crippen molar-refractivity contribution in [3.63, 3.8) is 0 Å². The first-order valence-corrected chi connectivity index (χ1v) is 9.68. The average molecular weight is 391 g/mol. The van der Waals surface area contributed by atoms with Crippen LogP contribution in [0.15, 0.2) is 83.8 Å². The Balaban J connectivity index is 1.36. The zero-order chi connectivity index (χ0) is 20.3. The van der Waals surface area contributed by atoms with Gasteiger partial charge in [0.2, 0.25) is 5.56 Å². The molecule has 6 nitrogen and oxygen atoms in total. The summed E-state index contributed by atoms with van der Waals surface area (Å²) in [5.41, 5.74) is 2.07. The monoisotopic (exact) mass is 391 g/mol. The molecular weight excluding hydrogens is 366 g/mol. The van der Waals surface area contributed by atoms with E-state index in [1.165, 1.54) is 6.07 Å². The fraction of sp³-hybridized carbons (Fsp3) is 0.217. The van der Waals surface area contributed by atoms with Crippen LogP contribution in [0.25, 0.3) is 11.1 Å². The maximum atomic E-state index is 11.9. The molecule has 0 fully saturated rings. The Hall–Kier alpha value is -3.54. The summed E-state index contributed by atoms with van der Waals surface area (Å²) < 4.78 is 7.48. The van der Waals surface area contributed by atoms with Crippen molar-refractivity contribution in [2.75, 3.05) is 19.7 Å². The summed E-state index contributed by atoms with van der Waals surface area (Å²) in [6, 6.07) is 22.7. The van der Waals surface area contributed by atoms with Crippen LogP contribution in [0.5, 0.6) is 5.75 Å². The van der Waals surface area contributed by atoms with Gasteiger partial charge in [-0.15, -0.1) is 0 Å². The molecule has 0 spiro atoms. The number of nitrogens with zero attached hydrogens (tertiary/aromatic N) is 1. The van der Waals surface area contributed by atoms with Gasteiger partial charge in [0.05, 0.1) is 6.54 Å². The fourth-order valence-corrected chi connectivity index (χ4v) is 2.93. The molecule has 0 radical (unpaired) electrons. The molecule has 3 rings (SSSR count). The highest BCUT2D eigenvalue weighted by atomic mass is 16.5. The van der Waals surface area contributed by atoms with E-state index < -0.39 is 0 Å². The Bertz CT molecular complexity index is 970. The van der Waals surface area contributed by atoms with E-state index in [1.807, 2.05) is 60.7 Å². The number of pyridine rings is 1. The van der Waals surface area contributed by atoms with Gasteiger partial charge in [0.25, 0.3) is 0 Å². The van der Waals surface area contributed by atoms with E-state index in [2.05, 4.69) is 10.6 Å². The molecule has 0 atom stereocenters. The van der Waals surface area contributed by atoms with Crippen LogP contribution in [-0.4, -0.2) is 30.3 Å². The SMILES string of the molecule is O=C(NCCCn1ccccc1=O)NCCOc1ccccc1-c1ccccc1. The number of amides is 2. The van der Waals surface area contributed by atoms with Crippen molar-refractivity contribution >= 4 is 6.03 Å². The predicted molar refractivity (Wildman–Crippen MR) is 114 cm³/mol. The lowest BCUT2D eigenvalue weighted by molar-refractivity contribution is 0.236. The Labute approximate surface area is 170 Å². The molecule has 0 aliphatic carbocycles. The van der Waals surface area contributed by atoms with Gasteiger partial charge in [-0.3, -0.25) is 4.79 Å². The van der Waals surface area contributed by atoms with E-state index in [9.17, 15) is 9.59 Å². The van der Waals surface area contributed by atoms with E-state index in [-0.39, 0.29) is 11.6 Å². The Morgan fingerprint density at radius 1 is 0.862 bits per heavy atom. The molecule has 0 unspecified atom stereocenters. The highest BCUT2D eigenvalue weighted by Gasteiger charge is 2.05.